The molecule has 0 aliphatic heterocycles. The van der Waals surface area contributed by atoms with E-state index in [1.165, 1.54) is 23.1 Å². The number of benzene rings is 1. The molecule has 0 bridgehead atoms. The van der Waals surface area contributed by atoms with E-state index >= 15 is 0 Å². The highest BCUT2D eigenvalue weighted by Crippen LogP contribution is 2.14. The van der Waals surface area contributed by atoms with Crippen LogP contribution in [-0.4, -0.2) is 24.9 Å². The minimum Gasteiger partial charge on any atom is -0.345 e. The third kappa shape index (κ3) is 2.21. The summed E-state index contributed by atoms with van der Waals surface area (Å²) in [6, 6.07) is 4.09. The number of hydrogen-bond acceptors (Lipinski definition) is 2. The second-order valence-electron chi connectivity index (χ2n) is 2.87. The van der Waals surface area contributed by atoms with Gasteiger partial charge in [0.2, 0.25) is 0 Å². The summed E-state index contributed by atoms with van der Waals surface area (Å²) in [7, 11) is 3.29. The topological polar surface area (TPSA) is 20.3 Å². The highest BCUT2D eigenvalue weighted by Gasteiger charge is 2.09. The van der Waals surface area contributed by atoms with Crippen LogP contribution in [0.4, 0.5) is 4.39 Å². The Morgan fingerprint density at radius 1 is 1.46 bits per heavy atom. The number of carbonyl (C=O) groups is 1. The van der Waals surface area contributed by atoms with Gasteiger partial charge in [0.05, 0.1) is 0 Å². The number of nitrogens with zero attached hydrogens (tertiary/aromatic N) is 1. The molecule has 0 saturated heterocycles. The van der Waals surface area contributed by atoms with Crippen molar-refractivity contribution < 1.29 is 9.18 Å². The smallest absolute Gasteiger partial charge is 0.253 e. The minimum absolute atomic E-state index is 0.157. The molecule has 1 rings (SSSR count). The van der Waals surface area contributed by atoms with Crippen molar-refractivity contribution in [3.05, 3.63) is 29.6 Å². The molecule has 0 aromatic heterocycles. The molecule has 0 saturated carbocycles. The Bertz CT molecular complexity index is 338. The van der Waals surface area contributed by atoms with Crippen LogP contribution >= 0.6 is 12.6 Å². The van der Waals surface area contributed by atoms with Crippen LogP contribution < -0.4 is 0 Å². The van der Waals surface area contributed by atoms with E-state index in [4.69, 9.17) is 0 Å². The van der Waals surface area contributed by atoms with Crippen molar-refractivity contribution in [2.24, 2.45) is 0 Å². The van der Waals surface area contributed by atoms with E-state index in [1.54, 1.807) is 14.1 Å². The van der Waals surface area contributed by atoms with Crippen molar-refractivity contribution in [3.8, 4) is 0 Å². The van der Waals surface area contributed by atoms with Crippen molar-refractivity contribution in [2.45, 2.75) is 4.90 Å². The molecule has 1 aromatic carbocycles. The van der Waals surface area contributed by atoms with Crippen LogP contribution in [0.3, 0.4) is 0 Å². The van der Waals surface area contributed by atoms with Gasteiger partial charge in [0.25, 0.3) is 5.91 Å². The summed E-state index contributed by atoms with van der Waals surface area (Å²) in [4.78, 5) is 13.0. The van der Waals surface area contributed by atoms with E-state index in [1.807, 2.05) is 0 Å². The summed E-state index contributed by atoms with van der Waals surface area (Å²) in [5.41, 5.74) is 0.441. The van der Waals surface area contributed by atoms with Gasteiger partial charge in [-0.15, -0.1) is 12.6 Å². The van der Waals surface area contributed by atoms with Gasteiger partial charge in [-0.3, -0.25) is 4.79 Å². The van der Waals surface area contributed by atoms with Gasteiger partial charge in [0.15, 0.2) is 0 Å². The molecule has 0 spiro atoms. The average molecular weight is 199 g/mol. The highest BCUT2D eigenvalue weighted by atomic mass is 32.1. The van der Waals surface area contributed by atoms with Gasteiger partial charge in [0, 0.05) is 24.6 Å². The van der Waals surface area contributed by atoms with Crippen molar-refractivity contribution >= 4 is 18.5 Å². The normalized spacial score (nSPS) is 9.85. The molecule has 70 valence electrons. The molecule has 1 aromatic rings. The van der Waals surface area contributed by atoms with Crippen LogP contribution in [0.1, 0.15) is 10.4 Å². The Labute approximate surface area is 81.8 Å². The molecule has 0 aliphatic carbocycles. The Balaban J connectivity index is 3.04. The fourth-order valence-electron chi connectivity index (χ4n) is 0.904. The average Bonchev–Trinajstić information content (AvgIpc) is 2.08. The second kappa shape index (κ2) is 3.79. The monoisotopic (exact) mass is 199 g/mol. The Morgan fingerprint density at radius 2 is 2.08 bits per heavy atom. The predicted octanol–water partition coefficient (Wildman–Crippen LogP) is 1.82. The van der Waals surface area contributed by atoms with Gasteiger partial charge in [-0.1, -0.05) is 0 Å². The van der Waals surface area contributed by atoms with Crippen LogP contribution in [0.2, 0.25) is 0 Å². The molecule has 0 fully saturated rings. The van der Waals surface area contributed by atoms with Crippen molar-refractivity contribution in [2.75, 3.05) is 14.1 Å². The fourth-order valence-corrected chi connectivity index (χ4v) is 1.12. The maximum atomic E-state index is 12.8. The van der Waals surface area contributed by atoms with E-state index < -0.39 is 5.82 Å². The fraction of sp³-hybridized carbons (Fsp3) is 0.222. The predicted molar refractivity (Wildman–Crippen MR) is 51.7 cm³/mol. The lowest BCUT2D eigenvalue weighted by Gasteiger charge is -2.10. The SMILES string of the molecule is CN(C)C(=O)c1ccc(F)c(S)c1. The third-order valence-corrected chi connectivity index (χ3v) is 1.94. The first-order chi connectivity index (χ1) is 6.02. The number of thiol groups is 1. The maximum Gasteiger partial charge on any atom is 0.253 e. The zero-order valence-corrected chi connectivity index (χ0v) is 8.31. The molecule has 0 aliphatic rings. The van der Waals surface area contributed by atoms with E-state index in [-0.39, 0.29) is 10.8 Å². The van der Waals surface area contributed by atoms with Gasteiger partial charge in [-0.25, -0.2) is 4.39 Å². The highest BCUT2D eigenvalue weighted by molar-refractivity contribution is 7.80. The molecular weight excluding hydrogens is 189 g/mol. The summed E-state index contributed by atoms with van der Waals surface area (Å²) in [6.07, 6.45) is 0. The van der Waals surface area contributed by atoms with E-state index in [9.17, 15) is 9.18 Å². The molecule has 13 heavy (non-hydrogen) atoms. The van der Waals surface area contributed by atoms with Crippen LogP contribution in [0.15, 0.2) is 23.1 Å². The number of rotatable bonds is 1. The van der Waals surface area contributed by atoms with Crippen LogP contribution in [0, 0.1) is 5.82 Å². The standard InChI is InChI=1S/C9H10FNOS/c1-11(2)9(12)6-3-4-7(10)8(13)5-6/h3-5,13H,1-2H3. The van der Waals surface area contributed by atoms with E-state index in [2.05, 4.69) is 12.6 Å². The first-order valence-electron chi connectivity index (χ1n) is 3.72. The molecule has 0 heterocycles. The lowest BCUT2D eigenvalue weighted by atomic mass is 10.2. The molecule has 0 radical (unpaired) electrons. The van der Waals surface area contributed by atoms with Gasteiger partial charge in [-0.2, -0.15) is 0 Å². The lowest BCUT2D eigenvalue weighted by Crippen LogP contribution is -2.21. The number of amides is 1. The van der Waals surface area contributed by atoms with Gasteiger partial charge >= 0.3 is 0 Å². The van der Waals surface area contributed by atoms with Crippen molar-refractivity contribution in [1.82, 2.24) is 4.90 Å². The van der Waals surface area contributed by atoms with E-state index in [0.717, 1.165) is 0 Å². The molecule has 2 nitrogen and oxygen atoms in total. The summed E-state index contributed by atoms with van der Waals surface area (Å²) in [5, 5.41) is 0. The van der Waals surface area contributed by atoms with Gasteiger partial charge in [-0.05, 0) is 18.2 Å². The van der Waals surface area contributed by atoms with Crippen LogP contribution in [0.5, 0.6) is 0 Å². The number of carbonyl (C=O) groups excluding carboxylic acids is 1. The Kier molecular flexibility index (Phi) is 2.93. The van der Waals surface area contributed by atoms with Crippen LogP contribution in [0.25, 0.3) is 0 Å². The molecule has 0 N–H and O–H groups in total. The summed E-state index contributed by atoms with van der Waals surface area (Å²) in [6.45, 7) is 0. The first kappa shape index (κ1) is 10.1. The molecule has 0 atom stereocenters. The molecule has 4 heteroatoms. The zero-order chi connectivity index (χ0) is 10.0. The number of hydrogen-bond donors (Lipinski definition) is 1. The third-order valence-electron chi connectivity index (χ3n) is 1.60. The largest absolute Gasteiger partial charge is 0.345 e. The van der Waals surface area contributed by atoms with E-state index in [0.29, 0.717) is 5.56 Å². The van der Waals surface area contributed by atoms with Gasteiger partial charge < -0.3 is 4.90 Å². The molecule has 1 amide bonds. The van der Waals surface area contributed by atoms with Crippen molar-refractivity contribution in [3.63, 3.8) is 0 Å². The number of halogens is 1. The Hall–Kier alpha value is -1.03. The lowest BCUT2D eigenvalue weighted by molar-refractivity contribution is 0.0827. The zero-order valence-electron chi connectivity index (χ0n) is 7.41. The summed E-state index contributed by atoms with van der Waals surface area (Å²) < 4.78 is 12.8. The first-order valence-corrected chi connectivity index (χ1v) is 4.17. The summed E-state index contributed by atoms with van der Waals surface area (Å²) >= 11 is 3.88. The van der Waals surface area contributed by atoms with Gasteiger partial charge in [0.1, 0.15) is 5.82 Å². The second-order valence-corrected chi connectivity index (χ2v) is 3.35. The minimum atomic E-state index is -0.418. The summed E-state index contributed by atoms with van der Waals surface area (Å²) in [5.74, 6) is -0.575. The quantitative estimate of drug-likeness (QED) is 0.684. The van der Waals surface area contributed by atoms with Crippen LogP contribution in [-0.2, 0) is 0 Å². The molecule has 0 unspecified atom stereocenters. The van der Waals surface area contributed by atoms with Crippen molar-refractivity contribution in [1.29, 1.82) is 0 Å². The Morgan fingerprint density at radius 3 is 2.54 bits per heavy atom. The maximum absolute atomic E-state index is 12.8. The molecular formula is C9H10FNOS.